The van der Waals surface area contributed by atoms with Crippen LogP contribution in [-0.2, 0) is 9.84 Å². The summed E-state index contributed by atoms with van der Waals surface area (Å²) >= 11 is 0. The molecule has 5 heteroatoms. The Kier molecular flexibility index (Phi) is 3.64. The number of aliphatic hydroxyl groups excluding tert-OH is 1. The van der Waals surface area contributed by atoms with Gasteiger partial charge in [0, 0.05) is 12.2 Å². The molecule has 1 aromatic carbocycles. The zero-order chi connectivity index (χ0) is 13.3. The Bertz CT molecular complexity index is 527. The van der Waals surface area contributed by atoms with Crippen LogP contribution in [0, 0.1) is 6.92 Å². The van der Waals surface area contributed by atoms with Crippen LogP contribution in [0.1, 0.15) is 12.5 Å². The fraction of sp³-hybridized carbons (Fsp3) is 0.538. The summed E-state index contributed by atoms with van der Waals surface area (Å²) in [6.45, 7) is 4.65. The van der Waals surface area contributed by atoms with Crippen molar-refractivity contribution >= 4 is 15.5 Å². The molecule has 1 aromatic rings. The fourth-order valence-corrected chi connectivity index (χ4v) is 4.32. The van der Waals surface area contributed by atoms with Crippen LogP contribution in [0.4, 0.5) is 5.69 Å². The minimum atomic E-state index is -3.11. The van der Waals surface area contributed by atoms with Gasteiger partial charge >= 0.3 is 0 Å². The lowest BCUT2D eigenvalue weighted by molar-refractivity contribution is 0.179. The van der Waals surface area contributed by atoms with Crippen LogP contribution in [0.3, 0.4) is 0 Å². The van der Waals surface area contributed by atoms with Crippen molar-refractivity contribution in [1.82, 2.24) is 0 Å². The van der Waals surface area contributed by atoms with Crippen LogP contribution in [0.5, 0.6) is 0 Å². The Hall–Kier alpha value is -1.07. The van der Waals surface area contributed by atoms with Crippen LogP contribution in [0.15, 0.2) is 24.3 Å². The first-order valence-corrected chi connectivity index (χ1v) is 7.97. The van der Waals surface area contributed by atoms with Crippen molar-refractivity contribution in [1.29, 1.82) is 0 Å². The Morgan fingerprint density at radius 2 is 2.11 bits per heavy atom. The largest absolute Gasteiger partial charge is 0.390 e. The third kappa shape index (κ3) is 2.67. The second-order valence-corrected chi connectivity index (χ2v) is 6.99. The number of likely N-dealkylation sites (N-methyl/N-ethyl adjacent to an activating group) is 1. The molecule has 1 aliphatic heterocycles. The summed E-state index contributed by atoms with van der Waals surface area (Å²) in [4.78, 5) is 1.97. The summed E-state index contributed by atoms with van der Waals surface area (Å²) in [6, 6.07) is 7.58. The monoisotopic (exact) mass is 269 g/mol. The fourth-order valence-electron chi connectivity index (χ4n) is 2.52. The van der Waals surface area contributed by atoms with Crippen LogP contribution >= 0.6 is 0 Å². The second-order valence-electron chi connectivity index (χ2n) is 4.84. The zero-order valence-electron chi connectivity index (χ0n) is 10.7. The summed E-state index contributed by atoms with van der Waals surface area (Å²) < 4.78 is 23.2. The number of benzene rings is 1. The lowest BCUT2D eigenvalue weighted by Crippen LogP contribution is -2.43. The smallest absolute Gasteiger partial charge is 0.155 e. The lowest BCUT2D eigenvalue weighted by atomic mass is 10.1. The van der Waals surface area contributed by atoms with Crippen LogP contribution in [-0.4, -0.2) is 43.7 Å². The van der Waals surface area contributed by atoms with E-state index >= 15 is 0 Å². The predicted octanol–water partition coefficient (Wildman–Crippen LogP) is 0.979. The Balaban J connectivity index is 2.30. The molecule has 1 N–H and O–H groups in total. The molecule has 1 aliphatic rings. The predicted molar refractivity (Wildman–Crippen MR) is 72.6 cm³/mol. The molecule has 2 atom stereocenters. The highest BCUT2D eigenvalue weighted by molar-refractivity contribution is 7.91. The molecule has 0 bridgehead atoms. The van der Waals surface area contributed by atoms with E-state index in [1.165, 1.54) is 0 Å². The van der Waals surface area contributed by atoms with Gasteiger partial charge in [-0.2, -0.15) is 0 Å². The highest BCUT2D eigenvalue weighted by Gasteiger charge is 2.39. The Morgan fingerprint density at radius 1 is 1.39 bits per heavy atom. The first kappa shape index (κ1) is 13.4. The number of aliphatic hydroxyl groups is 1. The summed E-state index contributed by atoms with van der Waals surface area (Å²) in [5, 5.41) is 9.94. The molecule has 2 rings (SSSR count). The van der Waals surface area contributed by atoms with Crippen molar-refractivity contribution < 1.29 is 13.5 Å². The molecule has 0 spiro atoms. The maximum absolute atomic E-state index is 11.6. The van der Waals surface area contributed by atoms with Gasteiger partial charge in [-0.15, -0.1) is 0 Å². The molecule has 0 aromatic heterocycles. The second kappa shape index (κ2) is 4.90. The maximum Gasteiger partial charge on any atom is 0.155 e. The number of aryl methyl sites for hydroxylation is 1. The van der Waals surface area contributed by atoms with E-state index in [2.05, 4.69) is 0 Å². The van der Waals surface area contributed by atoms with Crippen molar-refractivity contribution in [2.24, 2.45) is 0 Å². The minimum Gasteiger partial charge on any atom is -0.390 e. The van der Waals surface area contributed by atoms with Crippen molar-refractivity contribution in [3.63, 3.8) is 0 Å². The topological polar surface area (TPSA) is 57.6 Å². The van der Waals surface area contributed by atoms with Gasteiger partial charge in [-0.3, -0.25) is 0 Å². The van der Waals surface area contributed by atoms with Crippen molar-refractivity contribution in [2.75, 3.05) is 23.0 Å². The van der Waals surface area contributed by atoms with Gasteiger partial charge in [-0.05, 0) is 31.5 Å². The van der Waals surface area contributed by atoms with Gasteiger partial charge in [0.05, 0.1) is 23.7 Å². The van der Waals surface area contributed by atoms with E-state index in [0.29, 0.717) is 6.54 Å². The van der Waals surface area contributed by atoms with E-state index in [1.807, 2.05) is 43.0 Å². The normalized spacial score (nSPS) is 26.2. The van der Waals surface area contributed by atoms with Gasteiger partial charge in [0.25, 0.3) is 0 Å². The first-order valence-electron chi connectivity index (χ1n) is 6.15. The summed E-state index contributed by atoms with van der Waals surface area (Å²) in [5.74, 6) is -0.0874. The highest BCUT2D eigenvalue weighted by Crippen LogP contribution is 2.25. The third-order valence-corrected chi connectivity index (χ3v) is 5.07. The molecule has 1 saturated heterocycles. The van der Waals surface area contributed by atoms with Gasteiger partial charge < -0.3 is 10.0 Å². The number of hydrogen-bond acceptors (Lipinski definition) is 4. The molecule has 0 radical (unpaired) electrons. The molecule has 1 fully saturated rings. The number of hydrogen-bond donors (Lipinski definition) is 1. The van der Waals surface area contributed by atoms with E-state index in [9.17, 15) is 13.5 Å². The average molecular weight is 269 g/mol. The number of rotatable bonds is 3. The van der Waals surface area contributed by atoms with Gasteiger partial charge in [-0.25, -0.2) is 8.42 Å². The van der Waals surface area contributed by atoms with Gasteiger partial charge in [0.2, 0.25) is 0 Å². The standard InChI is InChI=1S/C13H19NO3S/c1-3-14(11-6-4-5-10(2)7-11)12-8-18(16,17)9-13(12)15/h4-7,12-13,15H,3,8-9H2,1-2H3. The van der Waals surface area contributed by atoms with E-state index in [0.717, 1.165) is 11.3 Å². The Labute approximate surface area is 108 Å². The number of anilines is 1. The van der Waals surface area contributed by atoms with E-state index < -0.39 is 15.9 Å². The molecular formula is C13H19NO3S. The Morgan fingerprint density at radius 3 is 2.61 bits per heavy atom. The molecular weight excluding hydrogens is 250 g/mol. The lowest BCUT2D eigenvalue weighted by Gasteiger charge is -2.31. The summed E-state index contributed by atoms with van der Waals surface area (Å²) in [5.41, 5.74) is 2.10. The minimum absolute atomic E-state index is 0.0376. The third-order valence-electron chi connectivity index (χ3n) is 3.37. The molecule has 0 aliphatic carbocycles. The molecule has 2 unspecified atom stereocenters. The number of sulfone groups is 1. The molecule has 4 nitrogen and oxygen atoms in total. The van der Waals surface area contributed by atoms with Gasteiger partial charge in [-0.1, -0.05) is 12.1 Å². The molecule has 0 saturated carbocycles. The van der Waals surface area contributed by atoms with Gasteiger partial charge in [0.15, 0.2) is 9.84 Å². The average Bonchev–Trinajstić information content (AvgIpc) is 2.54. The highest BCUT2D eigenvalue weighted by atomic mass is 32.2. The van der Waals surface area contributed by atoms with E-state index in [-0.39, 0.29) is 17.5 Å². The maximum atomic E-state index is 11.6. The van der Waals surface area contributed by atoms with Crippen LogP contribution in [0.2, 0.25) is 0 Å². The zero-order valence-corrected chi connectivity index (χ0v) is 11.5. The SMILES string of the molecule is CCN(c1cccc(C)c1)C1CS(=O)(=O)CC1O. The summed E-state index contributed by atoms with van der Waals surface area (Å²) in [6.07, 6.45) is -0.796. The molecule has 1 heterocycles. The van der Waals surface area contributed by atoms with Crippen LogP contribution in [0.25, 0.3) is 0 Å². The first-order chi connectivity index (χ1) is 8.43. The van der Waals surface area contributed by atoms with Crippen molar-refractivity contribution in [2.45, 2.75) is 26.0 Å². The van der Waals surface area contributed by atoms with Crippen LogP contribution < -0.4 is 4.90 Å². The van der Waals surface area contributed by atoms with Crippen molar-refractivity contribution in [3.8, 4) is 0 Å². The summed E-state index contributed by atoms with van der Waals surface area (Å²) in [7, 11) is -3.11. The molecule has 18 heavy (non-hydrogen) atoms. The quantitative estimate of drug-likeness (QED) is 0.888. The van der Waals surface area contributed by atoms with Crippen molar-refractivity contribution in [3.05, 3.63) is 29.8 Å². The van der Waals surface area contributed by atoms with E-state index in [4.69, 9.17) is 0 Å². The molecule has 0 amide bonds. The molecule has 100 valence electrons. The van der Waals surface area contributed by atoms with Gasteiger partial charge in [0.1, 0.15) is 0 Å². The van der Waals surface area contributed by atoms with E-state index in [1.54, 1.807) is 0 Å². The number of nitrogens with zero attached hydrogens (tertiary/aromatic N) is 1.